The van der Waals surface area contributed by atoms with Crippen molar-refractivity contribution in [3.05, 3.63) is 36.0 Å². The number of rotatable bonds is 5. The van der Waals surface area contributed by atoms with E-state index in [0.717, 1.165) is 17.1 Å². The van der Waals surface area contributed by atoms with Crippen LogP contribution in [0.1, 0.15) is 40.3 Å². The van der Waals surface area contributed by atoms with Crippen LogP contribution >= 0.6 is 11.6 Å². The number of hydrogen-bond acceptors (Lipinski definition) is 3. The second-order valence-electron chi connectivity index (χ2n) is 7.75. The number of carbonyl (C=O) groups is 1. The minimum Gasteiger partial charge on any atom is -0.497 e. The number of hydrogen-bond donors (Lipinski definition) is 1. The largest absolute Gasteiger partial charge is 0.497 e. The highest BCUT2D eigenvalue weighted by molar-refractivity contribution is 6.20. The van der Waals surface area contributed by atoms with Crippen molar-refractivity contribution in [3.63, 3.8) is 0 Å². The number of alkyl halides is 1. The molecule has 0 spiro atoms. The van der Waals surface area contributed by atoms with Crippen molar-refractivity contribution < 1.29 is 9.53 Å². The van der Waals surface area contributed by atoms with Crippen molar-refractivity contribution in [1.29, 1.82) is 0 Å². The molecule has 0 fully saturated rings. The minimum absolute atomic E-state index is 0.140. The van der Waals surface area contributed by atoms with E-state index in [9.17, 15) is 4.79 Å². The Hall–Kier alpha value is -2.01. The summed E-state index contributed by atoms with van der Waals surface area (Å²) in [5.41, 5.74) is 0.926. The highest BCUT2D eigenvalue weighted by Gasteiger charge is 2.29. The molecule has 0 unspecified atom stereocenters. The summed E-state index contributed by atoms with van der Waals surface area (Å²) in [5.74, 6) is 1.48. The predicted molar refractivity (Wildman–Crippen MR) is 102 cm³/mol. The van der Waals surface area contributed by atoms with E-state index in [1.54, 1.807) is 11.8 Å². The zero-order valence-electron chi connectivity index (χ0n) is 15.7. The predicted octanol–water partition coefficient (Wildman–Crippen LogP) is 4.38. The maximum Gasteiger partial charge on any atom is 0.232 e. The molecule has 0 atom stereocenters. The molecule has 6 heteroatoms. The first-order valence-electron chi connectivity index (χ1n) is 8.21. The van der Waals surface area contributed by atoms with Crippen molar-refractivity contribution in [2.75, 3.05) is 18.3 Å². The monoisotopic (exact) mass is 363 g/mol. The Morgan fingerprint density at radius 2 is 1.80 bits per heavy atom. The molecular formula is C19H26ClN3O2. The van der Waals surface area contributed by atoms with Gasteiger partial charge in [0.25, 0.3) is 0 Å². The van der Waals surface area contributed by atoms with Crippen LogP contribution in [0.2, 0.25) is 0 Å². The summed E-state index contributed by atoms with van der Waals surface area (Å²) >= 11 is 5.93. The normalized spacial score (nSPS) is 12.1. The van der Waals surface area contributed by atoms with E-state index in [2.05, 4.69) is 26.1 Å². The molecule has 0 aliphatic heterocycles. The van der Waals surface area contributed by atoms with Crippen LogP contribution in [-0.4, -0.2) is 28.7 Å². The SMILES string of the molecule is COc1ccc(-n2nc(C(C)(C)C)cc2NC(=O)C(C)(C)CCl)cc1. The Kier molecular flexibility index (Phi) is 5.47. The molecule has 25 heavy (non-hydrogen) atoms. The number of nitrogens with zero attached hydrogens (tertiary/aromatic N) is 2. The van der Waals surface area contributed by atoms with Crippen LogP contribution in [0.3, 0.4) is 0 Å². The van der Waals surface area contributed by atoms with E-state index in [-0.39, 0.29) is 17.2 Å². The molecule has 2 rings (SSSR count). The lowest BCUT2D eigenvalue weighted by Crippen LogP contribution is -2.32. The van der Waals surface area contributed by atoms with E-state index >= 15 is 0 Å². The molecule has 0 aliphatic rings. The first-order valence-corrected chi connectivity index (χ1v) is 8.74. The summed E-state index contributed by atoms with van der Waals surface area (Å²) in [6, 6.07) is 9.44. The zero-order chi connectivity index (χ0) is 18.8. The first kappa shape index (κ1) is 19.3. The average Bonchev–Trinajstić information content (AvgIpc) is 2.99. The number of methoxy groups -OCH3 is 1. The highest BCUT2D eigenvalue weighted by Crippen LogP contribution is 2.28. The van der Waals surface area contributed by atoms with Crippen molar-refractivity contribution >= 4 is 23.3 Å². The highest BCUT2D eigenvalue weighted by atomic mass is 35.5. The second kappa shape index (κ2) is 7.08. The van der Waals surface area contributed by atoms with Crippen molar-refractivity contribution in [2.24, 2.45) is 5.41 Å². The van der Waals surface area contributed by atoms with Gasteiger partial charge in [-0.25, -0.2) is 4.68 Å². The summed E-state index contributed by atoms with van der Waals surface area (Å²) in [6.07, 6.45) is 0. The van der Waals surface area contributed by atoms with Crippen LogP contribution in [0.25, 0.3) is 5.69 Å². The lowest BCUT2D eigenvalue weighted by atomic mass is 9.92. The standard InChI is InChI=1S/C19H26ClN3O2/c1-18(2,3)15-11-16(21-17(24)19(4,5)12-20)23(22-15)13-7-9-14(25-6)10-8-13/h7-11H,12H2,1-6H3,(H,21,24). The Bertz CT molecular complexity index is 743. The van der Waals surface area contributed by atoms with Crippen LogP contribution in [0.15, 0.2) is 30.3 Å². The molecule has 0 aliphatic carbocycles. The molecule has 0 saturated heterocycles. The molecule has 5 nitrogen and oxygen atoms in total. The topological polar surface area (TPSA) is 56.1 Å². The number of nitrogens with one attached hydrogen (secondary N) is 1. The third-order valence-corrected chi connectivity index (χ3v) is 4.65. The number of halogens is 1. The van der Waals surface area contributed by atoms with Crippen molar-refractivity contribution in [1.82, 2.24) is 9.78 Å². The molecule has 136 valence electrons. The van der Waals surface area contributed by atoms with Crippen molar-refractivity contribution in [2.45, 2.75) is 40.0 Å². The van der Waals surface area contributed by atoms with Gasteiger partial charge in [-0.05, 0) is 38.1 Å². The molecule has 1 heterocycles. The van der Waals surface area contributed by atoms with Gasteiger partial charge < -0.3 is 10.1 Å². The fourth-order valence-corrected chi connectivity index (χ4v) is 2.22. The van der Waals surface area contributed by atoms with Crippen LogP contribution in [0.5, 0.6) is 5.75 Å². The number of anilines is 1. The second-order valence-corrected chi connectivity index (χ2v) is 8.01. The number of carbonyl (C=O) groups excluding carboxylic acids is 1. The Morgan fingerprint density at radius 1 is 1.20 bits per heavy atom. The fourth-order valence-electron chi connectivity index (χ4n) is 2.10. The zero-order valence-corrected chi connectivity index (χ0v) is 16.4. The molecule has 0 saturated carbocycles. The lowest BCUT2D eigenvalue weighted by molar-refractivity contribution is -0.123. The van der Waals surface area contributed by atoms with Gasteiger partial charge in [0.05, 0.1) is 23.9 Å². The molecule has 0 bridgehead atoms. The maximum atomic E-state index is 12.6. The third kappa shape index (κ3) is 4.34. The molecular weight excluding hydrogens is 338 g/mol. The van der Waals surface area contributed by atoms with Gasteiger partial charge in [-0.2, -0.15) is 5.10 Å². The van der Waals surface area contributed by atoms with Gasteiger partial charge in [-0.1, -0.05) is 20.8 Å². The molecule has 0 radical (unpaired) electrons. The van der Waals surface area contributed by atoms with E-state index in [0.29, 0.717) is 5.82 Å². The van der Waals surface area contributed by atoms with E-state index in [1.807, 2.05) is 44.2 Å². The molecule has 1 N–H and O–H groups in total. The van der Waals surface area contributed by atoms with Gasteiger partial charge in [-0.3, -0.25) is 4.79 Å². The Morgan fingerprint density at radius 3 is 2.28 bits per heavy atom. The number of amides is 1. The fraction of sp³-hybridized carbons (Fsp3) is 0.474. The molecule has 1 aromatic heterocycles. The van der Waals surface area contributed by atoms with Gasteiger partial charge in [0.2, 0.25) is 5.91 Å². The van der Waals surface area contributed by atoms with Crippen molar-refractivity contribution in [3.8, 4) is 11.4 Å². The summed E-state index contributed by atoms with van der Waals surface area (Å²) in [5, 5.41) is 7.66. The van der Waals surface area contributed by atoms with E-state index < -0.39 is 5.41 Å². The average molecular weight is 364 g/mol. The van der Waals surface area contributed by atoms with Gasteiger partial charge in [0.1, 0.15) is 11.6 Å². The Labute approximate surface area is 154 Å². The maximum absolute atomic E-state index is 12.6. The quantitative estimate of drug-likeness (QED) is 0.802. The first-order chi connectivity index (χ1) is 11.6. The van der Waals surface area contributed by atoms with Gasteiger partial charge in [0.15, 0.2) is 0 Å². The summed E-state index contributed by atoms with van der Waals surface area (Å²) < 4.78 is 6.94. The smallest absolute Gasteiger partial charge is 0.232 e. The van der Waals surface area contributed by atoms with Crippen LogP contribution in [0, 0.1) is 5.41 Å². The summed E-state index contributed by atoms with van der Waals surface area (Å²) in [6.45, 7) is 9.88. The summed E-state index contributed by atoms with van der Waals surface area (Å²) in [7, 11) is 1.63. The van der Waals surface area contributed by atoms with Crippen LogP contribution in [0.4, 0.5) is 5.82 Å². The van der Waals surface area contributed by atoms with Gasteiger partial charge >= 0.3 is 0 Å². The number of benzene rings is 1. The number of aromatic nitrogens is 2. The summed E-state index contributed by atoms with van der Waals surface area (Å²) in [4.78, 5) is 12.6. The van der Waals surface area contributed by atoms with Crippen LogP contribution < -0.4 is 10.1 Å². The van der Waals surface area contributed by atoms with E-state index in [4.69, 9.17) is 21.4 Å². The molecule has 1 amide bonds. The minimum atomic E-state index is -0.668. The number of ether oxygens (including phenoxy) is 1. The van der Waals surface area contributed by atoms with Gasteiger partial charge in [-0.15, -0.1) is 11.6 Å². The van der Waals surface area contributed by atoms with Crippen LogP contribution in [-0.2, 0) is 10.2 Å². The lowest BCUT2D eigenvalue weighted by Gasteiger charge is -2.20. The van der Waals surface area contributed by atoms with Gasteiger partial charge in [0, 0.05) is 17.4 Å². The molecule has 1 aromatic carbocycles. The molecule has 2 aromatic rings. The van der Waals surface area contributed by atoms with E-state index in [1.165, 1.54) is 0 Å². The third-order valence-electron chi connectivity index (χ3n) is 3.99. The Balaban J connectivity index is 2.46.